The highest BCUT2D eigenvalue weighted by Crippen LogP contribution is 2.35. The standard InChI is InChI=1S/C25H26NOP/c1-18(2)23-17-27-25(26-23)22-15-14-19(3)16-24(22)28(20-10-6-4-7-11-20)21-12-8-5-9-13-21/h4-16,18,23H,17H2,1-3H3/t23-/m1/s1. The summed E-state index contributed by atoms with van der Waals surface area (Å²) in [5.74, 6) is 1.28. The van der Waals surface area contributed by atoms with Crippen molar-refractivity contribution in [3.05, 3.63) is 90.0 Å². The van der Waals surface area contributed by atoms with Crippen LogP contribution in [0.4, 0.5) is 0 Å². The number of hydrogen-bond donors (Lipinski definition) is 0. The van der Waals surface area contributed by atoms with Crippen molar-refractivity contribution in [2.75, 3.05) is 6.61 Å². The summed E-state index contributed by atoms with van der Waals surface area (Å²) in [6, 6.07) is 28.5. The Morgan fingerprint density at radius 1 is 0.893 bits per heavy atom. The highest BCUT2D eigenvalue weighted by Gasteiger charge is 2.27. The minimum absolute atomic E-state index is 0.240. The van der Waals surface area contributed by atoms with Gasteiger partial charge in [0, 0.05) is 5.56 Å². The molecule has 3 aromatic rings. The topological polar surface area (TPSA) is 21.6 Å². The molecule has 0 saturated heterocycles. The third-order valence-corrected chi connectivity index (χ3v) is 7.58. The predicted molar refractivity (Wildman–Crippen MR) is 121 cm³/mol. The molecule has 4 rings (SSSR count). The first-order valence-electron chi connectivity index (χ1n) is 9.85. The van der Waals surface area contributed by atoms with Crippen LogP contribution in [-0.2, 0) is 4.74 Å². The van der Waals surface area contributed by atoms with Crippen LogP contribution in [-0.4, -0.2) is 18.5 Å². The number of benzene rings is 3. The fourth-order valence-electron chi connectivity index (χ4n) is 3.47. The maximum atomic E-state index is 6.08. The van der Waals surface area contributed by atoms with E-state index in [-0.39, 0.29) is 6.04 Å². The molecule has 1 aliphatic heterocycles. The zero-order valence-electron chi connectivity index (χ0n) is 16.7. The van der Waals surface area contributed by atoms with E-state index in [4.69, 9.17) is 9.73 Å². The number of aryl methyl sites for hydroxylation is 1. The van der Waals surface area contributed by atoms with Gasteiger partial charge in [0.1, 0.15) is 6.61 Å². The molecule has 0 radical (unpaired) electrons. The molecule has 0 amide bonds. The molecule has 0 aliphatic carbocycles. The van der Waals surface area contributed by atoms with E-state index in [0.717, 1.165) is 11.5 Å². The number of aliphatic imine (C=N–C) groups is 1. The van der Waals surface area contributed by atoms with E-state index >= 15 is 0 Å². The van der Waals surface area contributed by atoms with Crippen LogP contribution in [0.1, 0.15) is 25.0 Å². The third-order valence-electron chi connectivity index (χ3n) is 5.10. The van der Waals surface area contributed by atoms with Gasteiger partial charge in [-0.05, 0) is 42.7 Å². The van der Waals surface area contributed by atoms with Crippen LogP contribution in [0, 0.1) is 12.8 Å². The maximum absolute atomic E-state index is 6.08. The summed E-state index contributed by atoms with van der Waals surface area (Å²) in [7, 11) is -0.690. The highest BCUT2D eigenvalue weighted by molar-refractivity contribution is 7.80. The summed E-state index contributed by atoms with van der Waals surface area (Å²) in [5, 5.41) is 4.00. The van der Waals surface area contributed by atoms with Crippen LogP contribution >= 0.6 is 7.92 Å². The fraction of sp³-hybridized carbons (Fsp3) is 0.240. The number of rotatable bonds is 5. The van der Waals surface area contributed by atoms with Crippen LogP contribution in [0.15, 0.2) is 83.9 Å². The maximum Gasteiger partial charge on any atom is 0.217 e. The Labute approximate surface area is 169 Å². The first-order valence-corrected chi connectivity index (χ1v) is 11.2. The summed E-state index contributed by atoms with van der Waals surface area (Å²) in [6.07, 6.45) is 0. The molecule has 3 aromatic carbocycles. The van der Waals surface area contributed by atoms with E-state index in [1.807, 2.05) is 0 Å². The van der Waals surface area contributed by atoms with Crippen LogP contribution < -0.4 is 15.9 Å². The normalized spacial score (nSPS) is 16.3. The zero-order chi connectivity index (χ0) is 19.5. The smallest absolute Gasteiger partial charge is 0.217 e. The monoisotopic (exact) mass is 387 g/mol. The van der Waals surface area contributed by atoms with Gasteiger partial charge in [0.05, 0.1) is 6.04 Å². The van der Waals surface area contributed by atoms with Gasteiger partial charge in [-0.2, -0.15) is 0 Å². The molecule has 0 spiro atoms. The quantitative estimate of drug-likeness (QED) is 0.589. The van der Waals surface area contributed by atoms with Crippen molar-refractivity contribution in [2.24, 2.45) is 10.9 Å². The molecule has 0 saturated carbocycles. The van der Waals surface area contributed by atoms with Crippen LogP contribution in [0.5, 0.6) is 0 Å². The molecule has 142 valence electrons. The third kappa shape index (κ3) is 3.88. The summed E-state index contributed by atoms with van der Waals surface area (Å²) >= 11 is 0. The van der Waals surface area contributed by atoms with Crippen molar-refractivity contribution in [3.63, 3.8) is 0 Å². The molecule has 0 fully saturated rings. The van der Waals surface area contributed by atoms with E-state index in [1.54, 1.807) is 0 Å². The second-order valence-electron chi connectivity index (χ2n) is 7.58. The van der Waals surface area contributed by atoms with Gasteiger partial charge < -0.3 is 4.74 Å². The highest BCUT2D eigenvalue weighted by atomic mass is 31.1. The number of nitrogens with zero attached hydrogens (tertiary/aromatic N) is 1. The van der Waals surface area contributed by atoms with Gasteiger partial charge in [0.15, 0.2) is 0 Å². The van der Waals surface area contributed by atoms with Crippen LogP contribution in [0.2, 0.25) is 0 Å². The van der Waals surface area contributed by atoms with Crippen molar-refractivity contribution < 1.29 is 4.74 Å². The van der Waals surface area contributed by atoms with Gasteiger partial charge in [0.25, 0.3) is 0 Å². The first-order chi connectivity index (χ1) is 13.6. The van der Waals surface area contributed by atoms with Gasteiger partial charge in [-0.1, -0.05) is 92.2 Å². The van der Waals surface area contributed by atoms with Gasteiger partial charge >= 0.3 is 0 Å². The fourth-order valence-corrected chi connectivity index (χ4v) is 6.01. The van der Waals surface area contributed by atoms with E-state index in [2.05, 4.69) is 99.6 Å². The second-order valence-corrected chi connectivity index (χ2v) is 9.77. The van der Waals surface area contributed by atoms with E-state index in [1.165, 1.54) is 21.5 Å². The van der Waals surface area contributed by atoms with Gasteiger partial charge in [-0.15, -0.1) is 0 Å². The Bertz CT molecular complexity index is 927. The Morgan fingerprint density at radius 3 is 2.04 bits per heavy atom. The van der Waals surface area contributed by atoms with Crippen molar-refractivity contribution in [1.82, 2.24) is 0 Å². The lowest BCUT2D eigenvalue weighted by Gasteiger charge is -2.22. The lowest BCUT2D eigenvalue weighted by molar-refractivity contribution is 0.292. The minimum atomic E-state index is -0.690. The zero-order valence-corrected chi connectivity index (χ0v) is 17.6. The van der Waals surface area contributed by atoms with E-state index in [9.17, 15) is 0 Å². The van der Waals surface area contributed by atoms with Crippen molar-refractivity contribution >= 4 is 29.7 Å². The molecule has 28 heavy (non-hydrogen) atoms. The predicted octanol–water partition coefficient (Wildman–Crippen LogP) is 4.55. The summed E-state index contributed by atoms with van der Waals surface area (Å²) in [4.78, 5) is 4.92. The molecular formula is C25H26NOP. The van der Waals surface area contributed by atoms with Crippen molar-refractivity contribution in [3.8, 4) is 0 Å². The van der Waals surface area contributed by atoms with Gasteiger partial charge in [0.2, 0.25) is 5.90 Å². The Balaban J connectivity index is 1.88. The minimum Gasteiger partial charge on any atom is -0.475 e. The molecule has 0 bridgehead atoms. The largest absolute Gasteiger partial charge is 0.475 e. The molecular weight excluding hydrogens is 361 g/mol. The van der Waals surface area contributed by atoms with Gasteiger partial charge in [-0.25, -0.2) is 4.99 Å². The molecule has 0 unspecified atom stereocenters. The van der Waals surface area contributed by atoms with E-state index < -0.39 is 7.92 Å². The lowest BCUT2D eigenvalue weighted by Crippen LogP contribution is -2.25. The van der Waals surface area contributed by atoms with Crippen LogP contribution in [0.25, 0.3) is 0 Å². The number of ether oxygens (including phenoxy) is 1. The van der Waals surface area contributed by atoms with Crippen molar-refractivity contribution in [2.45, 2.75) is 26.8 Å². The molecule has 2 nitrogen and oxygen atoms in total. The molecule has 0 N–H and O–H groups in total. The van der Waals surface area contributed by atoms with Crippen LogP contribution in [0.3, 0.4) is 0 Å². The first kappa shape index (κ1) is 18.9. The summed E-state index contributed by atoms with van der Waals surface area (Å²) in [5.41, 5.74) is 2.39. The van der Waals surface area contributed by atoms with Crippen molar-refractivity contribution in [1.29, 1.82) is 0 Å². The summed E-state index contributed by atoms with van der Waals surface area (Å²) in [6.45, 7) is 7.24. The Hall–Kier alpha value is -2.44. The Morgan fingerprint density at radius 2 is 1.50 bits per heavy atom. The molecule has 1 aliphatic rings. The SMILES string of the molecule is Cc1ccc(C2=N[C@@H](C(C)C)CO2)c(P(c2ccccc2)c2ccccc2)c1. The van der Waals surface area contributed by atoms with E-state index in [0.29, 0.717) is 12.5 Å². The average molecular weight is 387 g/mol. The number of hydrogen-bond acceptors (Lipinski definition) is 2. The lowest BCUT2D eigenvalue weighted by atomic mass is 10.1. The molecule has 3 heteroatoms. The van der Waals surface area contributed by atoms with Gasteiger partial charge in [-0.3, -0.25) is 0 Å². The Kier molecular flexibility index (Phi) is 5.59. The second kappa shape index (κ2) is 8.29. The molecule has 1 heterocycles. The molecule has 0 aromatic heterocycles. The average Bonchev–Trinajstić information content (AvgIpc) is 3.20. The summed E-state index contributed by atoms with van der Waals surface area (Å²) < 4.78 is 6.08. The molecule has 1 atom stereocenters.